The van der Waals surface area contributed by atoms with Gasteiger partial charge in [-0.2, -0.15) is 67.3 Å². The third kappa shape index (κ3) is 18.8. The molecule has 0 bridgehead atoms. The van der Waals surface area contributed by atoms with Crippen molar-refractivity contribution in [3.05, 3.63) is 389 Å². The van der Waals surface area contributed by atoms with E-state index in [4.69, 9.17) is 4.74 Å². The van der Waals surface area contributed by atoms with Gasteiger partial charge >= 0.3 is 42.1 Å². The molecule has 0 saturated heterocycles. The van der Waals surface area contributed by atoms with Crippen molar-refractivity contribution in [1.29, 1.82) is 0 Å². The van der Waals surface area contributed by atoms with E-state index in [-0.39, 0.29) is 84.3 Å². The van der Waals surface area contributed by atoms with Crippen molar-refractivity contribution < 1.29 is 89.0 Å². The van der Waals surface area contributed by atoms with E-state index >= 15 is 0 Å². The molecular weight excluding hydrogens is 1950 g/mol. The predicted molar refractivity (Wildman–Crippen MR) is 388 cm³/mol. The Hall–Kier alpha value is -9.09. The van der Waals surface area contributed by atoms with Crippen LogP contribution in [0.3, 0.4) is 0 Å². The van der Waals surface area contributed by atoms with Gasteiger partial charge in [-0.05, 0) is 86.0 Å². The Bertz CT molecular complexity index is 4730. The molecular formula is C86H64N6OPt4S-2. The van der Waals surface area contributed by atoms with Gasteiger partial charge in [-0.15, -0.1) is 83.2 Å². The largest absolute Gasteiger partial charge is 2.00 e. The van der Waals surface area contributed by atoms with Gasteiger partial charge in [-0.25, -0.2) is 9.47 Å². The Morgan fingerprint density at radius 1 is 0.357 bits per heavy atom. The topological polar surface area (TPSA) is 49.7 Å². The van der Waals surface area contributed by atoms with Crippen LogP contribution in [0.1, 0.15) is 11.1 Å². The number of hydrogen-bond acceptors (Lipinski definition) is 7. The fourth-order valence-electron chi connectivity index (χ4n) is 10.9. The Balaban J connectivity index is 0.000000151. The van der Waals surface area contributed by atoms with E-state index in [1.807, 2.05) is 138 Å². The summed E-state index contributed by atoms with van der Waals surface area (Å²) in [5.41, 5.74) is 22.7. The first-order chi connectivity index (χ1) is 46.4. The number of aromatic nitrogens is 3. The van der Waals surface area contributed by atoms with Gasteiger partial charge in [0, 0.05) is 82.9 Å². The SMILES string of the molecule is CN1[CH-]N(c2[c-]cccc2)C=C1c1ccc(-c2ccccc2)cc1.Cn1nc(-c2[c-]cccc2)cc1-c1ccc(-c2ccccc2)cc1.[Pt+2].[Pt+2].[Pt].[Pt].[c-]1ccccc1-c1cc(-c2ccc(-c3ccccc3)cc2)sn1.[c-]1ccccc1N1C=C(c2ccc(-c3ccccc3)cc2)O[CH-]1. The van der Waals surface area contributed by atoms with Crippen LogP contribution in [0.5, 0.6) is 0 Å². The van der Waals surface area contributed by atoms with Crippen LogP contribution in [0.15, 0.2) is 340 Å². The van der Waals surface area contributed by atoms with E-state index in [1.165, 1.54) is 77.7 Å². The molecule has 0 radical (unpaired) electrons. The first-order valence-corrected chi connectivity index (χ1v) is 31.8. The van der Waals surface area contributed by atoms with Crippen molar-refractivity contribution in [3.63, 3.8) is 0 Å². The summed E-state index contributed by atoms with van der Waals surface area (Å²) in [6.07, 6.45) is 4.12. The zero-order chi connectivity index (χ0) is 63.7. The Labute approximate surface area is 637 Å². The van der Waals surface area contributed by atoms with Gasteiger partial charge in [0.05, 0.1) is 5.69 Å². The third-order valence-electron chi connectivity index (χ3n) is 15.9. The van der Waals surface area contributed by atoms with E-state index < -0.39 is 0 Å². The van der Waals surface area contributed by atoms with Crippen LogP contribution >= 0.6 is 11.5 Å². The average Bonchev–Trinajstić information content (AvgIpc) is 1.60. The fraction of sp³-hybridized carbons (Fsp3) is 0.0233. The van der Waals surface area contributed by atoms with Crippen molar-refractivity contribution >= 4 is 34.4 Å². The number of ether oxygens (including phenoxy) is 1. The molecule has 14 aromatic rings. The zero-order valence-corrected chi connectivity index (χ0v) is 63.2. The van der Waals surface area contributed by atoms with Gasteiger partial charge in [0.2, 0.25) is 0 Å². The van der Waals surface area contributed by atoms with Crippen LogP contribution in [-0.4, -0.2) is 26.1 Å². The number of rotatable bonds is 12. The van der Waals surface area contributed by atoms with Gasteiger partial charge in [0.1, 0.15) is 5.76 Å². The van der Waals surface area contributed by atoms with Crippen LogP contribution in [0.25, 0.3) is 100 Å². The molecule has 0 fully saturated rings. The normalized spacial score (nSPS) is 11.7. The summed E-state index contributed by atoms with van der Waals surface area (Å²) >= 11 is 1.53. The van der Waals surface area contributed by atoms with Crippen molar-refractivity contribution in [2.75, 3.05) is 16.8 Å². The zero-order valence-electron chi connectivity index (χ0n) is 53.3. The van der Waals surface area contributed by atoms with E-state index in [2.05, 4.69) is 276 Å². The summed E-state index contributed by atoms with van der Waals surface area (Å²) < 4.78 is 12.2. The molecule has 7 nitrogen and oxygen atoms in total. The minimum Gasteiger partial charge on any atom is -0.640 e. The second-order valence-electron chi connectivity index (χ2n) is 22.2. The fourth-order valence-corrected chi connectivity index (χ4v) is 11.7. The number of hydrogen-bond donors (Lipinski definition) is 0. The van der Waals surface area contributed by atoms with Gasteiger partial charge in [0.15, 0.2) is 0 Å². The maximum absolute atomic E-state index is 5.69. The molecule has 0 aliphatic carbocycles. The molecule has 98 heavy (non-hydrogen) atoms. The third-order valence-corrected chi connectivity index (χ3v) is 16.8. The summed E-state index contributed by atoms with van der Waals surface area (Å²) in [6.45, 7) is 3.78. The summed E-state index contributed by atoms with van der Waals surface area (Å²) in [7, 11) is 4.05. The number of para-hydroxylation sites is 2. The number of anilines is 2. The molecule has 0 N–H and O–H groups in total. The molecule has 12 aromatic carbocycles. The van der Waals surface area contributed by atoms with Crippen molar-refractivity contribution in [2.45, 2.75) is 0 Å². The van der Waals surface area contributed by atoms with Crippen LogP contribution in [-0.2, 0) is 96.0 Å². The second kappa shape index (κ2) is 36.5. The smallest absolute Gasteiger partial charge is 0.640 e. The molecule has 0 spiro atoms. The molecule has 16 rings (SSSR count). The number of aryl methyl sites for hydroxylation is 1. The summed E-state index contributed by atoms with van der Waals surface area (Å²) in [6, 6.07) is 125. The predicted octanol–water partition coefficient (Wildman–Crippen LogP) is 21.3. The molecule has 0 atom stereocenters. The van der Waals surface area contributed by atoms with Gasteiger partial charge in [0.25, 0.3) is 0 Å². The standard InChI is InChI=1S/C22H18N2.C22H17N2.C21H15NO.C21H14NS.4Pt/c1-23-17-24(21-10-6-3-7-11-21)16-22(23)20-14-12-19(13-15-20)18-8-4-2-5-9-18;1-24-22(16-21(23-24)19-10-6-3-7-11-19)20-14-12-18(13-15-20)17-8-4-2-5-9-17;1-3-7-17(8-4-1)18-11-13-19(14-12-18)21-15-22(16-23-21)20-9-5-2-6-10-20;1-3-7-16(8-4-1)17-11-13-19(14-12-17)21-15-20(22-23-21)18-9-5-2-6-10-18;;;;/h2-10,12-17H,1H3;2-10,12-16H,1H3;1-9,11-16H;1-9,11-15H;;;;/q-2;-1;-2;-1;;;2*+2. The van der Waals surface area contributed by atoms with Gasteiger partial charge < -0.3 is 19.4 Å². The molecule has 2 aliphatic rings. The van der Waals surface area contributed by atoms with Crippen LogP contribution in [0.4, 0.5) is 11.4 Å². The quantitative estimate of drug-likeness (QED) is 0.114. The first-order valence-electron chi connectivity index (χ1n) is 31.0. The van der Waals surface area contributed by atoms with E-state index in [9.17, 15) is 0 Å². The Morgan fingerprint density at radius 2 is 0.735 bits per heavy atom. The minimum absolute atomic E-state index is 0. The molecule has 2 aromatic heterocycles. The second-order valence-corrected chi connectivity index (χ2v) is 23.0. The van der Waals surface area contributed by atoms with E-state index in [1.54, 1.807) is 6.73 Å². The molecule has 0 amide bonds. The van der Waals surface area contributed by atoms with Gasteiger partial charge in [-0.1, -0.05) is 237 Å². The average molecular weight is 2010 g/mol. The maximum atomic E-state index is 5.69. The molecule has 12 heteroatoms. The van der Waals surface area contributed by atoms with Crippen molar-refractivity contribution in [2.24, 2.45) is 7.05 Å². The minimum atomic E-state index is 0. The maximum Gasteiger partial charge on any atom is 2.00 e. The monoisotopic (exact) mass is 2010 g/mol. The Kier molecular flexibility index (Phi) is 27.2. The Morgan fingerprint density at radius 3 is 1.17 bits per heavy atom. The van der Waals surface area contributed by atoms with Crippen LogP contribution in [0.2, 0.25) is 0 Å². The molecule has 2 aliphatic heterocycles. The summed E-state index contributed by atoms with van der Waals surface area (Å²) in [5, 5.41) is 4.62. The van der Waals surface area contributed by atoms with E-state index in [0.29, 0.717) is 0 Å². The molecule has 0 saturated carbocycles. The summed E-state index contributed by atoms with van der Waals surface area (Å²) in [4.78, 5) is 7.34. The van der Waals surface area contributed by atoms with Crippen molar-refractivity contribution in [3.8, 4) is 88.7 Å². The number of benzene rings is 12. The van der Waals surface area contributed by atoms with Crippen LogP contribution in [0, 0.1) is 37.7 Å². The molecule has 4 heterocycles. The number of nitrogens with zero attached hydrogens (tertiary/aromatic N) is 6. The summed E-state index contributed by atoms with van der Waals surface area (Å²) in [5.74, 6) is 0.835. The van der Waals surface area contributed by atoms with Crippen LogP contribution < -0.4 is 9.80 Å². The van der Waals surface area contributed by atoms with Gasteiger partial charge in [-0.3, -0.25) is 4.68 Å². The molecule has 492 valence electrons. The molecule has 0 unspecified atom stereocenters. The first kappa shape index (κ1) is 73.2. The van der Waals surface area contributed by atoms with Crippen molar-refractivity contribution in [1.82, 2.24) is 19.1 Å². The van der Waals surface area contributed by atoms with E-state index in [0.717, 1.165) is 56.5 Å².